The first kappa shape index (κ1) is 19.5. The molecule has 3 atom stereocenters. The summed E-state index contributed by atoms with van der Waals surface area (Å²) in [6.07, 6.45) is -0.715. The molecule has 1 aliphatic rings. The minimum Gasteiger partial charge on any atom is -0.446 e. The number of carbonyl (C=O) groups excluding carboxylic acids is 2. The topological polar surface area (TPSA) is 95.4 Å². The van der Waals surface area contributed by atoms with Gasteiger partial charge in [-0.1, -0.05) is 79.6 Å². The van der Waals surface area contributed by atoms with E-state index < -0.39 is 24.1 Å². The Bertz CT molecular complexity index is 879. The van der Waals surface area contributed by atoms with Crippen molar-refractivity contribution >= 4 is 12.0 Å². The smallest absolute Gasteiger partial charge is 0.417 e. The van der Waals surface area contributed by atoms with Gasteiger partial charge in [0.2, 0.25) is 5.91 Å². The summed E-state index contributed by atoms with van der Waals surface area (Å²) in [5.74, 6) is -0.901. The molecule has 28 heavy (non-hydrogen) atoms. The highest BCUT2D eigenvalue weighted by Gasteiger charge is 2.44. The standard InChI is InChI=1S/C21H22N4O3/c1-14(2)18(16-11-7-4-8-12-16)19(23-24-22)20(26)25-17(13-28-21(25)27)15-9-5-3-6-10-15/h3-12,14,17-19H,13H2,1-2H3/t17-,18+,19-/m0/s1. The van der Waals surface area contributed by atoms with E-state index in [0.717, 1.165) is 16.0 Å². The fraction of sp³-hybridized carbons (Fsp3) is 0.333. The lowest BCUT2D eigenvalue weighted by Crippen LogP contribution is -2.43. The number of amides is 2. The highest BCUT2D eigenvalue weighted by molar-refractivity contribution is 5.97. The van der Waals surface area contributed by atoms with E-state index in [1.54, 1.807) is 0 Å². The van der Waals surface area contributed by atoms with Crippen molar-refractivity contribution in [2.24, 2.45) is 11.0 Å². The molecular weight excluding hydrogens is 356 g/mol. The van der Waals surface area contributed by atoms with E-state index in [-0.39, 0.29) is 18.4 Å². The summed E-state index contributed by atoms with van der Waals surface area (Å²) < 4.78 is 5.16. The maximum atomic E-state index is 13.4. The zero-order chi connectivity index (χ0) is 20.1. The summed E-state index contributed by atoms with van der Waals surface area (Å²) in [7, 11) is 0. The van der Waals surface area contributed by atoms with Gasteiger partial charge >= 0.3 is 6.09 Å². The molecule has 0 radical (unpaired) electrons. The van der Waals surface area contributed by atoms with Gasteiger partial charge in [-0.15, -0.1) is 0 Å². The van der Waals surface area contributed by atoms with Gasteiger partial charge in [0, 0.05) is 10.8 Å². The number of imide groups is 1. The van der Waals surface area contributed by atoms with Crippen molar-refractivity contribution in [1.29, 1.82) is 0 Å². The first-order valence-corrected chi connectivity index (χ1v) is 9.18. The second-order valence-corrected chi connectivity index (χ2v) is 7.04. The molecule has 2 aromatic rings. The molecule has 2 aromatic carbocycles. The molecule has 0 saturated carbocycles. The molecular formula is C21H22N4O3. The highest BCUT2D eigenvalue weighted by Crippen LogP contribution is 2.35. The van der Waals surface area contributed by atoms with E-state index in [0.29, 0.717) is 0 Å². The SMILES string of the molecule is CC(C)[C@H](c1ccccc1)[C@H](N=[N+]=[N-])C(=O)N1C(=O)OC[C@H]1c1ccccc1. The summed E-state index contributed by atoms with van der Waals surface area (Å²) in [5, 5.41) is 3.81. The Labute approximate surface area is 163 Å². The van der Waals surface area contributed by atoms with Gasteiger partial charge in [-0.2, -0.15) is 0 Å². The Morgan fingerprint density at radius 1 is 1.14 bits per heavy atom. The van der Waals surface area contributed by atoms with Crippen LogP contribution in [-0.4, -0.2) is 29.5 Å². The van der Waals surface area contributed by atoms with Gasteiger partial charge in [-0.3, -0.25) is 4.79 Å². The van der Waals surface area contributed by atoms with Crippen molar-refractivity contribution in [1.82, 2.24) is 4.90 Å². The lowest BCUT2D eigenvalue weighted by molar-refractivity contribution is -0.131. The van der Waals surface area contributed by atoms with Gasteiger partial charge in [-0.25, -0.2) is 9.69 Å². The quantitative estimate of drug-likeness (QED) is 0.409. The Balaban J connectivity index is 1.99. The van der Waals surface area contributed by atoms with E-state index in [9.17, 15) is 9.59 Å². The summed E-state index contributed by atoms with van der Waals surface area (Å²) in [5.41, 5.74) is 10.8. The van der Waals surface area contributed by atoms with Crippen LogP contribution in [0.15, 0.2) is 65.8 Å². The normalized spacial score (nSPS) is 18.3. The van der Waals surface area contributed by atoms with Crippen LogP contribution in [0.5, 0.6) is 0 Å². The predicted octanol–water partition coefficient (Wildman–Crippen LogP) is 4.83. The molecule has 0 aromatic heterocycles. The Morgan fingerprint density at radius 3 is 2.32 bits per heavy atom. The molecule has 1 fully saturated rings. The van der Waals surface area contributed by atoms with Crippen LogP contribution in [0, 0.1) is 5.92 Å². The van der Waals surface area contributed by atoms with Gasteiger partial charge in [0.1, 0.15) is 18.7 Å². The third-order valence-electron chi connectivity index (χ3n) is 4.97. The van der Waals surface area contributed by atoms with Gasteiger partial charge < -0.3 is 4.74 Å². The number of rotatable bonds is 6. The summed E-state index contributed by atoms with van der Waals surface area (Å²) in [6, 6.07) is 17.1. The molecule has 1 saturated heterocycles. The number of ether oxygens (including phenoxy) is 1. The second kappa shape index (κ2) is 8.59. The highest BCUT2D eigenvalue weighted by atomic mass is 16.6. The zero-order valence-electron chi connectivity index (χ0n) is 15.8. The van der Waals surface area contributed by atoms with E-state index in [4.69, 9.17) is 10.3 Å². The molecule has 2 amide bonds. The number of hydrogen-bond donors (Lipinski definition) is 0. The first-order chi connectivity index (χ1) is 13.5. The zero-order valence-corrected chi connectivity index (χ0v) is 15.8. The van der Waals surface area contributed by atoms with E-state index >= 15 is 0 Å². The summed E-state index contributed by atoms with van der Waals surface area (Å²) in [6.45, 7) is 4.00. The number of carbonyl (C=O) groups is 2. The molecule has 1 heterocycles. The fourth-order valence-corrected chi connectivity index (χ4v) is 3.67. The monoisotopic (exact) mass is 378 g/mol. The average Bonchev–Trinajstić information content (AvgIpc) is 3.10. The van der Waals surface area contributed by atoms with Crippen LogP contribution < -0.4 is 0 Å². The predicted molar refractivity (Wildman–Crippen MR) is 104 cm³/mol. The molecule has 144 valence electrons. The molecule has 1 aliphatic heterocycles. The van der Waals surface area contributed by atoms with Crippen molar-refractivity contribution in [2.75, 3.05) is 6.61 Å². The van der Waals surface area contributed by atoms with Gasteiger partial charge in [-0.05, 0) is 22.6 Å². The molecule has 0 aliphatic carbocycles. The van der Waals surface area contributed by atoms with Crippen LogP contribution in [0.4, 0.5) is 4.79 Å². The molecule has 0 spiro atoms. The van der Waals surface area contributed by atoms with Crippen LogP contribution in [-0.2, 0) is 9.53 Å². The summed E-state index contributed by atoms with van der Waals surface area (Å²) in [4.78, 5) is 29.8. The van der Waals surface area contributed by atoms with Crippen LogP contribution in [0.1, 0.15) is 36.9 Å². The number of hydrogen-bond acceptors (Lipinski definition) is 4. The van der Waals surface area contributed by atoms with Crippen LogP contribution in [0.25, 0.3) is 10.4 Å². The molecule has 0 unspecified atom stereocenters. The van der Waals surface area contributed by atoms with Crippen molar-refractivity contribution in [3.8, 4) is 0 Å². The minimum absolute atomic E-state index is 0.00986. The van der Waals surface area contributed by atoms with Crippen LogP contribution >= 0.6 is 0 Å². The van der Waals surface area contributed by atoms with Crippen molar-refractivity contribution < 1.29 is 14.3 Å². The molecule has 7 heteroatoms. The van der Waals surface area contributed by atoms with Crippen LogP contribution in [0.2, 0.25) is 0 Å². The van der Waals surface area contributed by atoms with E-state index in [1.807, 2.05) is 74.5 Å². The first-order valence-electron chi connectivity index (χ1n) is 9.18. The fourth-order valence-electron chi connectivity index (χ4n) is 3.67. The van der Waals surface area contributed by atoms with Gasteiger partial charge in [0.25, 0.3) is 0 Å². The van der Waals surface area contributed by atoms with Crippen LogP contribution in [0.3, 0.4) is 0 Å². The number of benzene rings is 2. The number of cyclic esters (lactones) is 1. The lowest BCUT2D eigenvalue weighted by atomic mass is 9.82. The van der Waals surface area contributed by atoms with Gasteiger partial charge in [0.05, 0.1) is 0 Å². The second-order valence-electron chi connectivity index (χ2n) is 7.04. The third-order valence-corrected chi connectivity index (χ3v) is 4.97. The number of azide groups is 1. The Morgan fingerprint density at radius 2 is 1.75 bits per heavy atom. The van der Waals surface area contributed by atoms with Crippen molar-refractivity contribution in [3.05, 3.63) is 82.2 Å². The minimum atomic E-state index is -1.05. The third kappa shape index (κ3) is 3.85. The van der Waals surface area contributed by atoms with Gasteiger partial charge in [0.15, 0.2) is 0 Å². The maximum absolute atomic E-state index is 13.4. The van der Waals surface area contributed by atoms with E-state index in [1.165, 1.54) is 0 Å². The van der Waals surface area contributed by atoms with Crippen molar-refractivity contribution in [3.63, 3.8) is 0 Å². The summed E-state index contributed by atoms with van der Waals surface area (Å²) >= 11 is 0. The number of nitrogens with zero attached hydrogens (tertiary/aromatic N) is 4. The molecule has 7 nitrogen and oxygen atoms in total. The van der Waals surface area contributed by atoms with E-state index in [2.05, 4.69) is 10.0 Å². The maximum Gasteiger partial charge on any atom is 0.417 e. The molecule has 0 N–H and O–H groups in total. The molecule has 0 bridgehead atoms. The molecule has 3 rings (SSSR count). The Hall–Kier alpha value is -3.31. The van der Waals surface area contributed by atoms with Crippen molar-refractivity contribution in [2.45, 2.75) is 31.8 Å². The largest absolute Gasteiger partial charge is 0.446 e. The lowest BCUT2D eigenvalue weighted by Gasteiger charge is -2.30. The Kier molecular flexibility index (Phi) is 5.96. The average molecular weight is 378 g/mol.